The van der Waals surface area contributed by atoms with Crippen molar-refractivity contribution in [3.63, 3.8) is 0 Å². The lowest BCUT2D eigenvalue weighted by Gasteiger charge is -2.32. The van der Waals surface area contributed by atoms with Crippen molar-refractivity contribution < 1.29 is 9.90 Å². The molecule has 1 amide bonds. The zero-order chi connectivity index (χ0) is 13.1. The van der Waals surface area contributed by atoms with Crippen molar-refractivity contribution in [1.82, 2.24) is 4.90 Å². The predicted octanol–water partition coefficient (Wildman–Crippen LogP) is 2.49. The summed E-state index contributed by atoms with van der Waals surface area (Å²) in [5.41, 5.74) is 1.63. The van der Waals surface area contributed by atoms with Gasteiger partial charge in [-0.05, 0) is 49.4 Å². The number of rotatable bonds is 2. The van der Waals surface area contributed by atoms with Crippen molar-refractivity contribution >= 4 is 17.5 Å². The number of aryl methyl sites for hydroxylation is 1. The highest BCUT2D eigenvalue weighted by molar-refractivity contribution is 6.31. The van der Waals surface area contributed by atoms with Crippen LogP contribution in [0, 0.1) is 12.8 Å². The van der Waals surface area contributed by atoms with Gasteiger partial charge < -0.3 is 10.0 Å². The molecule has 1 atom stereocenters. The van der Waals surface area contributed by atoms with E-state index in [1.165, 1.54) is 0 Å². The van der Waals surface area contributed by atoms with Gasteiger partial charge in [-0.15, -0.1) is 0 Å². The molecule has 3 nitrogen and oxygen atoms in total. The molecule has 0 saturated carbocycles. The zero-order valence-corrected chi connectivity index (χ0v) is 11.3. The van der Waals surface area contributed by atoms with Crippen LogP contribution in [-0.2, 0) is 0 Å². The average Bonchev–Trinajstić information content (AvgIpc) is 2.37. The van der Waals surface area contributed by atoms with Gasteiger partial charge in [0.2, 0.25) is 0 Å². The minimum absolute atomic E-state index is 0.0127. The molecule has 0 spiro atoms. The molecule has 1 N–H and O–H groups in total. The molecule has 1 heterocycles. The molecule has 0 radical (unpaired) electrons. The van der Waals surface area contributed by atoms with Crippen LogP contribution in [0.3, 0.4) is 0 Å². The first kappa shape index (κ1) is 13.4. The summed E-state index contributed by atoms with van der Waals surface area (Å²) >= 11 is 5.98. The first-order chi connectivity index (χ1) is 8.60. The number of nitrogens with zero attached hydrogens (tertiary/aromatic N) is 1. The number of carbonyl (C=O) groups is 1. The van der Waals surface area contributed by atoms with E-state index < -0.39 is 0 Å². The fraction of sp³-hybridized carbons (Fsp3) is 0.500. The summed E-state index contributed by atoms with van der Waals surface area (Å²) in [7, 11) is 0. The van der Waals surface area contributed by atoms with Crippen LogP contribution in [0.4, 0.5) is 0 Å². The molecule has 2 rings (SSSR count). The van der Waals surface area contributed by atoms with Crippen LogP contribution in [0.25, 0.3) is 0 Å². The minimum Gasteiger partial charge on any atom is -0.396 e. The average molecular weight is 268 g/mol. The molecule has 1 saturated heterocycles. The number of aliphatic hydroxyl groups excluding tert-OH is 1. The highest BCUT2D eigenvalue weighted by atomic mass is 35.5. The Hall–Kier alpha value is -1.06. The summed E-state index contributed by atoms with van der Waals surface area (Å²) in [5.74, 6) is 0.224. The minimum atomic E-state index is 0.0127. The standard InChI is InChI=1S/C14H18ClNO2/c1-10-5-12(7-13(15)6-10)14(18)16-4-2-3-11(8-16)9-17/h5-7,11,17H,2-4,8-9H2,1H3. The third-order valence-electron chi connectivity index (χ3n) is 3.35. The molecule has 98 valence electrons. The Morgan fingerprint density at radius 1 is 1.50 bits per heavy atom. The Labute approximate surface area is 112 Å². The first-order valence-corrected chi connectivity index (χ1v) is 6.65. The number of hydrogen-bond donors (Lipinski definition) is 1. The van der Waals surface area contributed by atoms with Gasteiger partial charge in [0.15, 0.2) is 0 Å². The second kappa shape index (κ2) is 5.72. The lowest BCUT2D eigenvalue weighted by atomic mass is 9.98. The van der Waals surface area contributed by atoms with Crippen LogP contribution in [0.15, 0.2) is 18.2 Å². The Morgan fingerprint density at radius 3 is 2.94 bits per heavy atom. The van der Waals surface area contributed by atoms with Gasteiger partial charge in [-0.2, -0.15) is 0 Å². The highest BCUT2D eigenvalue weighted by Gasteiger charge is 2.24. The van der Waals surface area contributed by atoms with Crippen LogP contribution in [0.2, 0.25) is 5.02 Å². The van der Waals surface area contributed by atoms with Crippen LogP contribution >= 0.6 is 11.6 Å². The molecule has 1 aromatic rings. The van der Waals surface area contributed by atoms with E-state index in [2.05, 4.69) is 0 Å². The van der Waals surface area contributed by atoms with Crippen molar-refractivity contribution in [2.24, 2.45) is 5.92 Å². The van der Waals surface area contributed by atoms with Crippen LogP contribution < -0.4 is 0 Å². The fourth-order valence-corrected chi connectivity index (χ4v) is 2.73. The largest absolute Gasteiger partial charge is 0.396 e. The Kier molecular flexibility index (Phi) is 4.25. The van der Waals surface area contributed by atoms with E-state index >= 15 is 0 Å². The number of carbonyl (C=O) groups excluding carboxylic acids is 1. The molecule has 4 heteroatoms. The summed E-state index contributed by atoms with van der Waals surface area (Å²) in [5, 5.41) is 9.78. The van der Waals surface area contributed by atoms with E-state index in [9.17, 15) is 9.90 Å². The number of aliphatic hydroxyl groups is 1. The summed E-state index contributed by atoms with van der Waals surface area (Å²) in [4.78, 5) is 14.2. The van der Waals surface area contributed by atoms with Crippen molar-refractivity contribution in [2.45, 2.75) is 19.8 Å². The molecule has 1 aliphatic heterocycles. The fourth-order valence-electron chi connectivity index (χ4n) is 2.44. The zero-order valence-electron chi connectivity index (χ0n) is 10.5. The quantitative estimate of drug-likeness (QED) is 0.894. The number of likely N-dealkylation sites (tertiary alicyclic amines) is 1. The monoisotopic (exact) mass is 267 g/mol. The summed E-state index contributed by atoms with van der Waals surface area (Å²) < 4.78 is 0. The second-order valence-corrected chi connectivity index (χ2v) is 5.40. The smallest absolute Gasteiger partial charge is 0.253 e. The number of halogens is 1. The summed E-state index contributed by atoms with van der Waals surface area (Å²) in [6, 6.07) is 5.40. The van der Waals surface area contributed by atoms with Gasteiger partial charge in [0, 0.05) is 30.3 Å². The van der Waals surface area contributed by atoms with E-state index in [1.807, 2.05) is 24.0 Å². The predicted molar refractivity (Wildman–Crippen MR) is 71.9 cm³/mol. The van der Waals surface area contributed by atoms with Crippen molar-refractivity contribution in [3.8, 4) is 0 Å². The summed E-state index contributed by atoms with van der Waals surface area (Å²) in [6.45, 7) is 3.48. The normalized spacial score (nSPS) is 19.9. The molecular weight excluding hydrogens is 250 g/mol. The van der Waals surface area contributed by atoms with Crippen molar-refractivity contribution in [3.05, 3.63) is 34.3 Å². The third kappa shape index (κ3) is 3.03. The molecule has 0 aliphatic carbocycles. The number of piperidine rings is 1. The lowest BCUT2D eigenvalue weighted by molar-refractivity contribution is 0.0620. The topological polar surface area (TPSA) is 40.5 Å². The second-order valence-electron chi connectivity index (χ2n) is 4.96. The molecule has 1 fully saturated rings. The number of hydrogen-bond acceptors (Lipinski definition) is 2. The first-order valence-electron chi connectivity index (χ1n) is 6.27. The highest BCUT2D eigenvalue weighted by Crippen LogP contribution is 2.20. The molecular formula is C14H18ClNO2. The van der Waals surface area contributed by atoms with Gasteiger partial charge in [0.05, 0.1) is 0 Å². The maximum absolute atomic E-state index is 12.4. The lowest BCUT2D eigenvalue weighted by Crippen LogP contribution is -2.40. The van der Waals surface area contributed by atoms with Crippen LogP contribution in [0.1, 0.15) is 28.8 Å². The third-order valence-corrected chi connectivity index (χ3v) is 3.57. The van der Waals surface area contributed by atoms with Crippen molar-refractivity contribution in [2.75, 3.05) is 19.7 Å². The Morgan fingerprint density at radius 2 is 2.28 bits per heavy atom. The molecule has 0 bridgehead atoms. The van der Waals surface area contributed by atoms with Gasteiger partial charge in [0.25, 0.3) is 5.91 Å². The van der Waals surface area contributed by atoms with Crippen molar-refractivity contribution in [1.29, 1.82) is 0 Å². The van der Waals surface area contributed by atoms with Crippen LogP contribution in [-0.4, -0.2) is 35.6 Å². The SMILES string of the molecule is Cc1cc(Cl)cc(C(=O)N2CCCC(CO)C2)c1. The molecule has 1 aromatic carbocycles. The van der Waals surface area contributed by atoms with Gasteiger partial charge in [-0.3, -0.25) is 4.79 Å². The van der Waals surface area contributed by atoms with Gasteiger partial charge in [-0.25, -0.2) is 0 Å². The van der Waals surface area contributed by atoms with E-state index in [0.717, 1.165) is 24.9 Å². The summed E-state index contributed by atoms with van der Waals surface area (Å²) in [6.07, 6.45) is 1.95. The van der Waals surface area contributed by atoms with Gasteiger partial charge >= 0.3 is 0 Å². The van der Waals surface area contributed by atoms with E-state index in [1.54, 1.807) is 6.07 Å². The van der Waals surface area contributed by atoms with E-state index in [-0.39, 0.29) is 18.4 Å². The maximum Gasteiger partial charge on any atom is 0.253 e. The van der Waals surface area contributed by atoms with Crippen LogP contribution in [0.5, 0.6) is 0 Å². The number of benzene rings is 1. The van der Waals surface area contributed by atoms with Gasteiger partial charge in [-0.1, -0.05) is 11.6 Å². The molecule has 1 unspecified atom stereocenters. The van der Waals surface area contributed by atoms with Gasteiger partial charge in [0.1, 0.15) is 0 Å². The molecule has 0 aromatic heterocycles. The Balaban J connectivity index is 2.15. The van der Waals surface area contributed by atoms with E-state index in [0.29, 0.717) is 17.1 Å². The van der Waals surface area contributed by atoms with E-state index in [4.69, 9.17) is 11.6 Å². The molecule has 1 aliphatic rings. The molecule has 18 heavy (non-hydrogen) atoms. The maximum atomic E-state index is 12.4. The number of amides is 1. The Bertz CT molecular complexity index is 427.